The van der Waals surface area contributed by atoms with Crippen LogP contribution in [0, 0.1) is 5.41 Å². The molecular formula is C31H44F2N6O3. The summed E-state index contributed by atoms with van der Waals surface area (Å²) < 4.78 is 28.8. The van der Waals surface area contributed by atoms with Gasteiger partial charge in [0.05, 0.1) is 25.0 Å². The molecule has 4 aliphatic rings. The van der Waals surface area contributed by atoms with Crippen LogP contribution < -0.4 is 15.8 Å². The number of rotatable bonds is 5. The average Bonchev–Trinajstić information content (AvgIpc) is 3.46. The van der Waals surface area contributed by atoms with Crippen LogP contribution in [0.4, 0.5) is 14.6 Å². The summed E-state index contributed by atoms with van der Waals surface area (Å²) in [5.74, 6) is -2.52. The molecule has 2 N–H and O–H groups in total. The lowest BCUT2D eigenvalue weighted by Crippen LogP contribution is -2.61. The van der Waals surface area contributed by atoms with Crippen LogP contribution in [0.25, 0.3) is 0 Å². The monoisotopic (exact) mass is 586 g/mol. The van der Waals surface area contributed by atoms with Crippen LogP contribution in [0.15, 0.2) is 47.5 Å². The molecule has 230 valence electrons. The molecule has 2 atom stereocenters. The van der Waals surface area contributed by atoms with E-state index in [1.807, 2.05) is 0 Å². The Hall–Kier alpha value is -2.89. The highest BCUT2D eigenvalue weighted by molar-refractivity contribution is 5.48. The summed E-state index contributed by atoms with van der Waals surface area (Å²) in [5, 5.41) is 15.0. The van der Waals surface area contributed by atoms with E-state index in [9.17, 15) is 23.5 Å². The summed E-state index contributed by atoms with van der Waals surface area (Å²) in [5.41, 5.74) is -0.464. The first-order valence-corrected chi connectivity index (χ1v) is 15.2. The van der Waals surface area contributed by atoms with Crippen molar-refractivity contribution < 1.29 is 18.7 Å². The lowest BCUT2D eigenvalue weighted by atomic mass is 9.66. The Morgan fingerprint density at radius 2 is 1.81 bits per heavy atom. The molecule has 42 heavy (non-hydrogen) atoms. The highest BCUT2D eigenvalue weighted by atomic mass is 19.3. The molecule has 2 unspecified atom stereocenters. The van der Waals surface area contributed by atoms with Gasteiger partial charge in [0, 0.05) is 63.2 Å². The fourth-order valence-corrected chi connectivity index (χ4v) is 7.23. The molecule has 4 fully saturated rings. The second-order valence-electron chi connectivity index (χ2n) is 12.6. The minimum Gasteiger partial charge on any atom is -0.387 e. The number of aliphatic hydroxyl groups is 1. The van der Waals surface area contributed by atoms with Gasteiger partial charge in [-0.1, -0.05) is 43.2 Å². The Bertz CT molecular complexity index is 1250. The van der Waals surface area contributed by atoms with E-state index in [4.69, 9.17) is 0 Å². The number of hydrogen-bond acceptors (Lipinski definition) is 7. The van der Waals surface area contributed by atoms with Gasteiger partial charge in [-0.25, -0.2) is 13.8 Å². The standard InChI is InChI=1S/C20H28F2N4O3.C11H16N2/c21-20(22)6-3-8-25(13-20)16-10-17(28)26(14-23-16)12-19(29)7-9-24(15-27)11-18(19)4-1-2-5-18;1-13-8-7-12-9-11(13)10-5-3-2-4-6-10/h10,14-15,29H,1-9,11-13H2;2-6,11-12H,7-9H2,1H3. The highest BCUT2D eigenvalue weighted by Crippen LogP contribution is 2.51. The summed E-state index contributed by atoms with van der Waals surface area (Å²) in [7, 11) is 2.19. The number of benzene rings is 1. The van der Waals surface area contributed by atoms with E-state index < -0.39 is 23.5 Å². The molecule has 1 amide bonds. The number of halogens is 2. The summed E-state index contributed by atoms with van der Waals surface area (Å²) in [6.07, 6.45) is 6.41. The number of anilines is 1. The number of nitrogens with zero attached hydrogens (tertiary/aromatic N) is 5. The van der Waals surface area contributed by atoms with Crippen molar-refractivity contribution >= 4 is 12.2 Å². The quantitative estimate of drug-likeness (QED) is 0.521. The minimum absolute atomic E-state index is 0.0992. The third-order valence-corrected chi connectivity index (χ3v) is 9.72. The van der Waals surface area contributed by atoms with Crippen molar-refractivity contribution in [3.63, 3.8) is 0 Å². The van der Waals surface area contributed by atoms with Gasteiger partial charge in [0.1, 0.15) is 5.82 Å². The molecule has 3 aliphatic heterocycles. The lowest BCUT2D eigenvalue weighted by molar-refractivity contribution is -0.152. The van der Waals surface area contributed by atoms with Crippen LogP contribution in [-0.4, -0.2) is 95.3 Å². The molecule has 4 heterocycles. The predicted molar refractivity (Wildman–Crippen MR) is 158 cm³/mol. The summed E-state index contributed by atoms with van der Waals surface area (Å²) in [6, 6.07) is 12.5. The zero-order chi connectivity index (χ0) is 29.8. The first-order valence-electron chi connectivity index (χ1n) is 15.2. The van der Waals surface area contributed by atoms with Gasteiger partial charge in [0.2, 0.25) is 6.41 Å². The number of carbonyl (C=O) groups excluding carboxylic acids is 1. The van der Waals surface area contributed by atoms with Crippen LogP contribution in [0.5, 0.6) is 0 Å². The van der Waals surface area contributed by atoms with Gasteiger partial charge in [0.25, 0.3) is 11.5 Å². The molecule has 1 spiro atoms. The van der Waals surface area contributed by atoms with E-state index in [1.54, 1.807) is 4.90 Å². The molecule has 3 saturated heterocycles. The number of amides is 1. The third kappa shape index (κ3) is 6.68. The Kier molecular flexibility index (Phi) is 9.29. The van der Waals surface area contributed by atoms with Crippen molar-refractivity contribution in [2.75, 3.05) is 57.8 Å². The zero-order valence-corrected chi connectivity index (χ0v) is 24.6. The summed E-state index contributed by atoms with van der Waals surface area (Å²) in [4.78, 5) is 33.8. The van der Waals surface area contributed by atoms with Crippen molar-refractivity contribution in [2.24, 2.45) is 5.41 Å². The Labute approximate surface area is 246 Å². The van der Waals surface area contributed by atoms with E-state index in [-0.39, 0.29) is 24.3 Å². The molecule has 0 radical (unpaired) electrons. The molecule has 2 aromatic rings. The van der Waals surface area contributed by atoms with Gasteiger partial charge in [-0.2, -0.15) is 0 Å². The van der Waals surface area contributed by atoms with E-state index >= 15 is 0 Å². The average molecular weight is 587 g/mol. The number of piperazine rings is 1. The first kappa shape index (κ1) is 30.6. The number of carbonyl (C=O) groups is 1. The molecule has 9 nitrogen and oxygen atoms in total. The number of alkyl halides is 2. The number of piperidine rings is 2. The summed E-state index contributed by atoms with van der Waals surface area (Å²) >= 11 is 0. The zero-order valence-electron chi connectivity index (χ0n) is 24.6. The molecule has 11 heteroatoms. The maximum absolute atomic E-state index is 13.7. The molecule has 1 aromatic heterocycles. The second-order valence-corrected chi connectivity index (χ2v) is 12.6. The van der Waals surface area contributed by atoms with Crippen molar-refractivity contribution in [1.29, 1.82) is 0 Å². The summed E-state index contributed by atoms with van der Waals surface area (Å²) in [6.45, 7) is 4.38. The number of hydrogen-bond donors (Lipinski definition) is 2. The fourth-order valence-electron chi connectivity index (χ4n) is 7.23. The van der Waals surface area contributed by atoms with Gasteiger partial charge in [0.15, 0.2) is 0 Å². The van der Waals surface area contributed by atoms with Crippen molar-refractivity contribution in [2.45, 2.75) is 69.1 Å². The van der Waals surface area contributed by atoms with Crippen molar-refractivity contribution in [1.82, 2.24) is 24.7 Å². The maximum atomic E-state index is 13.7. The smallest absolute Gasteiger partial charge is 0.265 e. The largest absolute Gasteiger partial charge is 0.387 e. The fraction of sp³-hybridized carbons (Fsp3) is 0.645. The highest BCUT2D eigenvalue weighted by Gasteiger charge is 2.55. The second kappa shape index (κ2) is 12.8. The van der Waals surface area contributed by atoms with Crippen LogP contribution in [-0.2, 0) is 11.3 Å². The Balaban J connectivity index is 0.000000226. The van der Waals surface area contributed by atoms with Gasteiger partial charge in [-0.05, 0) is 38.3 Å². The Morgan fingerprint density at radius 3 is 2.48 bits per heavy atom. The Morgan fingerprint density at radius 1 is 1.05 bits per heavy atom. The van der Waals surface area contributed by atoms with Crippen LogP contribution in [0.1, 0.15) is 56.6 Å². The molecule has 0 bridgehead atoms. The van der Waals surface area contributed by atoms with E-state index in [0.29, 0.717) is 38.5 Å². The van der Waals surface area contributed by atoms with Crippen molar-refractivity contribution in [3.8, 4) is 0 Å². The van der Waals surface area contributed by atoms with Crippen LogP contribution in [0.2, 0.25) is 0 Å². The molecule has 1 aliphatic carbocycles. The molecule has 6 rings (SSSR count). The SMILES string of the molecule is CN1CCNCC1c1ccccc1.O=CN1CCC(O)(Cn2cnc(N3CCCC(F)(F)C3)cc2=O)C2(CCCC2)C1. The van der Waals surface area contributed by atoms with Gasteiger partial charge >= 0.3 is 0 Å². The van der Waals surface area contributed by atoms with Gasteiger partial charge in [-0.15, -0.1) is 0 Å². The predicted octanol–water partition coefficient (Wildman–Crippen LogP) is 2.90. The number of nitrogens with one attached hydrogen (secondary N) is 1. The molecule has 1 saturated carbocycles. The molecular weight excluding hydrogens is 542 g/mol. The number of likely N-dealkylation sites (tertiary alicyclic amines) is 1. The van der Waals surface area contributed by atoms with Crippen molar-refractivity contribution in [3.05, 3.63) is 58.6 Å². The maximum Gasteiger partial charge on any atom is 0.265 e. The van der Waals surface area contributed by atoms with Gasteiger partial charge in [-0.3, -0.25) is 19.1 Å². The normalized spacial score (nSPS) is 27.4. The van der Waals surface area contributed by atoms with Crippen LogP contribution in [0.3, 0.4) is 0 Å². The lowest BCUT2D eigenvalue weighted by Gasteiger charge is -2.51. The van der Waals surface area contributed by atoms with E-state index in [0.717, 1.165) is 51.7 Å². The molecule has 1 aromatic carbocycles. The van der Waals surface area contributed by atoms with Gasteiger partial charge < -0.3 is 20.2 Å². The minimum atomic E-state index is -2.77. The van der Waals surface area contributed by atoms with E-state index in [1.165, 1.54) is 27.4 Å². The van der Waals surface area contributed by atoms with E-state index in [2.05, 4.69) is 52.6 Å². The number of aromatic nitrogens is 2. The topological polar surface area (TPSA) is 93.9 Å². The van der Waals surface area contributed by atoms with Crippen LogP contribution >= 0.6 is 0 Å². The third-order valence-electron chi connectivity index (χ3n) is 9.72. The number of likely N-dealkylation sites (N-methyl/N-ethyl adjacent to an activating group) is 1. The first-order chi connectivity index (χ1) is 20.1.